The molecule has 136 valence electrons. The molecule has 0 unspecified atom stereocenters. The van der Waals surface area contributed by atoms with E-state index in [1.807, 2.05) is 11.8 Å². The maximum absolute atomic E-state index is 6.71. The van der Waals surface area contributed by atoms with Gasteiger partial charge in [0, 0.05) is 18.0 Å². The van der Waals surface area contributed by atoms with E-state index in [2.05, 4.69) is 42.6 Å². The summed E-state index contributed by atoms with van der Waals surface area (Å²) in [6.45, 7) is 0. The fourth-order valence-corrected chi connectivity index (χ4v) is 6.07. The first kappa shape index (κ1) is 16.8. The van der Waals surface area contributed by atoms with Gasteiger partial charge in [-0.1, -0.05) is 30.3 Å². The molecule has 0 aliphatic heterocycles. The molecule has 2 fully saturated rings. The van der Waals surface area contributed by atoms with Gasteiger partial charge >= 0.3 is 0 Å². The number of nitrogens with two attached hydrogens (primary N) is 1. The van der Waals surface area contributed by atoms with Crippen LogP contribution in [0.1, 0.15) is 67.2 Å². The predicted molar refractivity (Wildman–Crippen MR) is 108 cm³/mol. The summed E-state index contributed by atoms with van der Waals surface area (Å²) in [7, 11) is 0. The Balaban J connectivity index is 1.23. The molecule has 26 heavy (non-hydrogen) atoms. The van der Waals surface area contributed by atoms with Crippen LogP contribution in [0.4, 0.5) is 0 Å². The molecular formula is C23H28N2S. The lowest BCUT2D eigenvalue weighted by molar-refractivity contribution is 0.149. The lowest BCUT2D eigenvalue weighted by atomic mass is 9.66. The minimum Gasteiger partial charge on any atom is -0.323 e. The Morgan fingerprint density at radius 2 is 1.85 bits per heavy atom. The summed E-state index contributed by atoms with van der Waals surface area (Å²) < 4.78 is 0. The number of fused-ring (bicyclic) bond motifs is 1. The average Bonchev–Trinajstić information content (AvgIpc) is 3.48. The molecule has 2 nitrogen and oxygen atoms in total. The molecule has 0 bridgehead atoms. The highest BCUT2D eigenvalue weighted by Crippen LogP contribution is 2.55. The summed E-state index contributed by atoms with van der Waals surface area (Å²) in [5.41, 5.74) is 11.3. The van der Waals surface area contributed by atoms with Crippen molar-refractivity contribution in [2.24, 2.45) is 17.1 Å². The number of hydrogen-bond acceptors (Lipinski definition) is 3. The molecule has 1 spiro atoms. The second-order valence-corrected chi connectivity index (χ2v) is 9.71. The predicted octanol–water partition coefficient (Wildman–Crippen LogP) is 5.48. The van der Waals surface area contributed by atoms with Crippen LogP contribution in [-0.4, -0.2) is 10.7 Å². The maximum atomic E-state index is 6.71. The topological polar surface area (TPSA) is 38.9 Å². The lowest BCUT2D eigenvalue weighted by Crippen LogP contribution is -2.35. The molecule has 3 aliphatic rings. The van der Waals surface area contributed by atoms with E-state index in [1.54, 1.807) is 0 Å². The molecule has 3 heteroatoms. The number of rotatable bonds is 4. The molecule has 0 radical (unpaired) electrons. The van der Waals surface area contributed by atoms with Crippen LogP contribution in [-0.2, 0) is 6.42 Å². The van der Waals surface area contributed by atoms with Gasteiger partial charge in [0.15, 0.2) is 0 Å². The molecule has 1 aromatic carbocycles. The standard InChI is InChI=1S/C23H28N2S/c24-22-20-4-2-1-3-18(20)13-23(22)11-9-17(10-12-23)19-7-8-21(25-14-19)26-15-16-5-6-16/h1-4,7-8,14,16-17,22H,5-6,9-13,15,24H2/t17?,22-,23?/m0/s1. The van der Waals surface area contributed by atoms with Gasteiger partial charge in [-0.3, -0.25) is 0 Å². The Morgan fingerprint density at radius 3 is 2.54 bits per heavy atom. The third-order valence-electron chi connectivity index (χ3n) is 6.97. The van der Waals surface area contributed by atoms with Gasteiger partial charge in [0.1, 0.15) is 0 Å². The Labute approximate surface area is 161 Å². The molecular weight excluding hydrogens is 336 g/mol. The van der Waals surface area contributed by atoms with Crippen LogP contribution in [0, 0.1) is 11.3 Å². The number of thioether (sulfide) groups is 1. The maximum Gasteiger partial charge on any atom is 0.0960 e. The van der Waals surface area contributed by atoms with Crippen molar-refractivity contribution >= 4 is 11.8 Å². The van der Waals surface area contributed by atoms with Crippen LogP contribution in [0.25, 0.3) is 0 Å². The van der Waals surface area contributed by atoms with Crippen molar-refractivity contribution in [2.45, 2.75) is 61.9 Å². The first-order chi connectivity index (χ1) is 12.7. The fourth-order valence-electron chi connectivity index (χ4n) is 5.04. The summed E-state index contributed by atoms with van der Waals surface area (Å²) in [5, 5.41) is 1.20. The van der Waals surface area contributed by atoms with E-state index in [9.17, 15) is 0 Å². The number of benzene rings is 1. The van der Waals surface area contributed by atoms with E-state index >= 15 is 0 Å². The lowest BCUT2D eigenvalue weighted by Gasteiger charge is -2.40. The molecule has 3 aliphatic carbocycles. The number of nitrogens with zero attached hydrogens (tertiary/aromatic N) is 1. The average molecular weight is 365 g/mol. The summed E-state index contributed by atoms with van der Waals surface area (Å²) >= 11 is 1.93. The van der Waals surface area contributed by atoms with Gasteiger partial charge in [-0.05, 0) is 85.0 Å². The van der Waals surface area contributed by atoms with Crippen LogP contribution in [0.3, 0.4) is 0 Å². The fraction of sp³-hybridized carbons (Fsp3) is 0.522. The van der Waals surface area contributed by atoms with Gasteiger partial charge < -0.3 is 5.73 Å². The van der Waals surface area contributed by atoms with Crippen LogP contribution in [0.15, 0.2) is 47.6 Å². The van der Waals surface area contributed by atoms with E-state index in [4.69, 9.17) is 10.7 Å². The minimum absolute atomic E-state index is 0.221. The molecule has 0 amide bonds. The highest BCUT2D eigenvalue weighted by Gasteiger charge is 2.46. The number of pyridine rings is 1. The summed E-state index contributed by atoms with van der Waals surface area (Å²) in [5.74, 6) is 2.86. The third kappa shape index (κ3) is 3.10. The molecule has 1 atom stereocenters. The van der Waals surface area contributed by atoms with Gasteiger partial charge in [-0.25, -0.2) is 4.98 Å². The first-order valence-corrected chi connectivity index (χ1v) is 11.1. The minimum atomic E-state index is 0.221. The second kappa shape index (κ2) is 6.69. The van der Waals surface area contributed by atoms with Crippen molar-refractivity contribution in [3.8, 4) is 0 Å². The molecule has 1 heterocycles. The van der Waals surface area contributed by atoms with E-state index in [1.165, 1.54) is 72.4 Å². The van der Waals surface area contributed by atoms with Crippen molar-refractivity contribution < 1.29 is 0 Å². The Morgan fingerprint density at radius 1 is 1.04 bits per heavy atom. The molecule has 0 saturated heterocycles. The molecule has 5 rings (SSSR count). The van der Waals surface area contributed by atoms with Gasteiger partial charge in [-0.15, -0.1) is 11.8 Å². The summed E-state index contributed by atoms with van der Waals surface area (Å²) in [4.78, 5) is 4.73. The quantitative estimate of drug-likeness (QED) is 0.730. The van der Waals surface area contributed by atoms with Crippen molar-refractivity contribution in [1.82, 2.24) is 4.98 Å². The molecule has 2 aromatic rings. The first-order valence-electron chi connectivity index (χ1n) is 10.2. The monoisotopic (exact) mass is 364 g/mol. The smallest absolute Gasteiger partial charge is 0.0960 e. The normalized spacial score (nSPS) is 30.5. The Hall–Kier alpha value is -1.32. The molecule has 2 saturated carbocycles. The van der Waals surface area contributed by atoms with Crippen molar-refractivity contribution in [1.29, 1.82) is 0 Å². The van der Waals surface area contributed by atoms with Crippen LogP contribution in [0.2, 0.25) is 0 Å². The molecule has 2 N–H and O–H groups in total. The van der Waals surface area contributed by atoms with Crippen molar-refractivity contribution in [3.63, 3.8) is 0 Å². The number of aromatic nitrogens is 1. The molecule has 1 aromatic heterocycles. The number of hydrogen-bond donors (Lipinski definition) is 1. The summed E-state index contributed by atoms with van der Waals surface area (Å²) in [6.07, 6.45) is 11.1. The van der Waals surface area contributed by atoms with Crippen molar-refractivity contribution in [3.05, 3.63) is 59.3 Å². The van der Waals surface area contributed by atoms with Gasteiger partial charge in [0.05, 0.1) is 5.03 Å². The van der Waals surface area contributed by atoms with Crippen LogP contribution < -0.4 is 5.73 Å². The van der Waals surface area contributed by atoms with Gasteiger partial charge in [0.25, 0.3) is 0 Å². The zero-order chi connectivity index (χ0) is 17.6. The van der Waals surface area contributed by atoms with Gasteiger partial charge in [-0.2, -0.15) is 0 Å². The highest BCUT2D eigenvalue weighted by atomic mass is 32.2. The van der Waals surface area contributed by atoms with Gasteiger partial charge in [0.2, 0.25) is 0 Å². The zero-order valence-corrected chi connectivity index (χ0v) is 16.2. The Bertz CT molecular complexity index is 773. The zero-order valence-electron chi connectivity index (χ0n) is 15.4. The third-order valence-corrected chi connectivity index (χ3v) is 8.14. The van der Waals surface area contributed by atoms with Crippen LogP contribution >= 0.6 is 11.8 Å². The highest BCUT2D eigenvalue weighted by molar-refractivity contribution is 7.99. The van der Waals surface area contributed by atoms with E-state index in [0.29, 0.717) is 11.3 Å². The van der Waals surface area contributed by atoms with Crippen LogP contribution in [0.5, 0.6) is 0 Å². The van der Waals surface area contributed by atoms with E-state index in [0.717, 1.165) is 5.92 Å². The Kier molecular flexibility index (Phi) is 4.33. The van der Waals surface area contributed by atoms with E-state index < -0.39 is 0 Å². The summed E-state index contributed by atoms with van der Waals surface area (Å²) in [6, 6.07) is 13.6. The SMILES string of the molecule is N[C@H]1c2ccccc2CC12CCC(c1ccc(SCC3CC3)nc1)CC2. The van der Waals surface area contributed by atoms with Crippen molar-refractivity contribution in [2.75, 3.05) is 5.75 Å². The second-order valence-electron chi connectivity index (χ2n) is 8.67. The van der Waals surface area contributed by atoms with E-state index in [-0.39, 0.29) is 6.04 Å². The largest absolute Gasteiger partial charge is 0.323 e.